The second-order valence-corrected chi connectivity index (χ2v) is 7.87. The minimum absolute atomic E-state index is 0.0659. The Morgan fingerprint density at radius 2 is 2.11 bits per heavy atom. The minimum Gasteiger partial charge on any atom is -0.383 e. The number of halogens is 1. The van der Waals surface area contributed by atoms with Gasteiger partial charge in [-0.2, -0.15) is 5.10 Å². The minimum atomic E-state index is -0.0659. The molecule has 4 aromatic heterocycles. The number of fused-ring (bicyclic) bond motifs is 2. The number of nitrogens with zero attached hydrogens (tertiary/aromatic N) is 6. The summed E-state index contributed by atoms with van der Waals surface area (Å²) in [7, 11) is 4.02. The average Bonchev–Trinajstić information content (AvgIpc) is 3.20. The number of pyridine rings is 1. The number of nitrogen functional groups attached to an aromatic ring is 1. The van der Waals surface area contributed by atoms with Gasteiger partial charge < -0.3 is 10.1 Å². The van der Waals surface area contributed by atoms with Gasteiger partial charge >= 0.3 is 0 Å². The van der Waals surface area contributed by atoms with Gasteiger partial charge in [-0.15, -0.1) is 0 Å². The lowest BCUT2D eigenvalue weighted by molar-refractivity contribution is 0.464. The zero-order valence-electron chi connectivity index (χ0n) is 15.9. The highest BCUT2D eigenvalue weighted by Gasteiger charge is 2.22. The van der Waals surface area contributed by atoms with Crippen molar-refractivity contribution in [3.05, 3.63) is 51.7 Å². The third-order valence-corrected chi connectivity index (χ3v) is 5.36. The largest absolute Gasteiger partial charge is 0.383 e. The van der Waals surface area contributed by atoms with E-state index < -0.39 is 0 Å². The fraction of sp³-hybridized carbons (Fsp3) is 0.250. The van der Waals surface area contributed by atoms with E-state index in [1.165, 1.54) is 6.33 Å². The molecular formula is C20H20IN7. The molecular weight excluding hydrogens is 465 g/mol. The quantitative estimate of drug-likeness (QED) is 0.357. The maximum absolute atomic E-state index is 6.05. The average molecular weight is 485 g/mol. The third-order valence-electron chi connectivity index (χ3n) is 4.60. The van der Waals surface area contributed by atoms with Crippen LogP contribution in [0.3, 0.4) is 0 Å². The van der Waals surface area contributed by atoms with Crippen LogP contribution >= 0.6 is 22.6 Å². The van der Waals surface area contributed by atoms with Crippen molar-refractivity contribution in [3.8, 4) is 11.8 Å². The number of nitrogens with two attached hydrogens (primary N) is 1. The van der Waals surface area contributed by atoms with Gasteiger partial charge in [0.15, 0.2) is 5.65 Å². The first-order valence-corrected chi connectivity index (χ1v) is 9.93. The molecule has 0 amide bonds. The molecule has 7 nitrogen and oxygen atoms in total. The summed E-state index contributed by atoms with van der Waals surface area (Å²) in [6, 6.07) is 8.22. The second kappa shape index (κ2) is 7.41. The molecule has 0 aliphatic carbocycles. The highest BCUT2D eigenvalue weighted by molar-refractivity contribution is 14.1. The van der Waals surface area contributed by atoms with Crippen LogP contribution in [0.5, 0.6) is 0 Å². The Morgan fingerprint density at radius 3 is 2.89 bits per heavy atom. The van der Waals surface area contributed by atoms with Crippen LogP contribution in [0.25, 0.3) is 16.6 Å². The van der Waals surface area contributed by atoms with Crippen LogP contribution in [0.15, 0.2) is 36.8 Å². The molecule has 0 aliphatic heterocycles. The number of rotatable bonds is 3. The van der Waals surface area contributed by atoms with E-state index >= 15 is 0 Å². The molecule has 1 unspecified atom stereocenters. The molecule has 0 saturated heterocycles. The Hall–Kier alpha value is -2.64. The van der Waals surface area contributed by atoms with Crippen molar-refractivity contribution < 1.29 is 0 Å². The Kier molecular flexibility index (Phi) is 4.95. The van der Waals surface area contributed by atoms with E-state index in [1.54, 1.807) is 0 Å². The highest BCUT2D eigenvalue weighted by atomic mass is 127. The Balaban J connectivity index is 1.89. The van der Waals surface area contributed by atoms with E-state index in [0.29, 0.717) is 12.4 Å². The van der Waals surface area contributed by atoms with Crippen LogP contribution in [0.1, 0.15) is 24.2 Å². The summed E-state index contributed by atoms with van der Waals surface area (Å²) in [5.74, 6) is 7.06. The van der Waals surface area contributed by atoms with Gasteiger partial charge in [0.25, 0.3) is 0 Å². The third kappa shape index (κ3) is 3.21. The SMILES string of the molecule is CC(c1cc2ccccn2c1C#CCN(C)C)n1nc(I)c2c(N)ncnc21. The summed E-state index contributed by atoms with van der Waals surface area (Å²) in [6.45, 7) is 2.80. The van der Waals surface area contributed by atoms with Gasteiger partial charge in [-0.3, -0.25) is 4.90 Å². The molecule has 0 saturated carbocycles. The fourth-order valence-electron chi connectivity index (χ4n) is 3.23. The van der Waals surface area contributed by atoms with Crippen LogP contribution in [-0.2, 0) is 0 Å². The molecule has 1 atom stereocenters. The topological polar surface area (TPSA) is 77.3 Å². The zero-order valence-corrected chi connectivity index (χ0v) is 18.0. The molecule has 0 spiro atoms. The fourth-order valence-corrected chi connectivity index (χ4v) is 3.98. The first-order chi connectivity index (χ1) is 13.5. The van der Waals surface area contributed by atoms with Gasteiger partial charge in [0.2, 0.25) is 0 Å². The standard InChI is InChI=1S/C20H20IN7/c1-13(28-20-17(18(21)25-28)19(22)23-12-24-20)15-11-14-7-4-5-10-27(14)16(15)8-6-9-26(2)3/h4-5,7,10-13H,9H2,1-3H3,(H2,22,23,24). The Morgan fingerprint density at radius 1 is 1.29 bits per heavy atom. The predicted octanol–water partition coefficient (Wildman–Crippen LogP) is 2.79. The van der Waals surface area contributed by atoms with Crippen molar-refractivity contribution in [2.45, 2.75) is 13.0 Å². The van der Waals surface area contributed by atoms with E-state index in [9.17, 15) is 0 Å². The smallest absolute Gasteiger partial charge is 0.165 e. The Labute approximate surface area is 176 Å². The van der Waals surface area contributed by atoms with Gasteiger partial charge in [-0.1, -0.05) is 12.0 Å². The molecule has 142 valence electrons. The van der Waals surface area contributed by atoms with Crippen LogP contribution in [0.2, 0.25) is 0 Å². The van der Waals surface area contributed by atoms with E-state index in [4.69, 9.17) is 10.8 Å². The number of aromatic nitrogens is 5. The summed E-state index contributed by atoms with van der Waals surface area (Å²) in [6.07, 6.45) is 3.52. The summed E-state index contributed by atoms with van der Waals surface area (Å²) in [5.41, 5.74) is 9.94. The molecule has 2 N–H and O–H groups in total. The summed E-state index contributed by atoms with van der Waals surface area (Å²) in [5, 5.41) is 5.49. The number of hydrogen-bond donors (Lipinski definition) is 1. The molecule has 0 radical (unpaired) electrons. The van der Waals surface area contributed by atoms with E-state index in [1.807, 2.05) is 37.1 Å². The van der Waals surface area contributed by atoms with Crippen molar-refractivity contribution in [1.29, 1.82) is 0 Å². The lowest BCUT2D eigenvalue weighted by atomic mass is 10.1. The van der Waals surface area contributed by atoms with Crippen LogP contribution < -0.4 is 5.73 Å². The number of hydrogen-bond acceptors (Lipinski definition) is 5. The van der Waals surface area contributed by atoms with Crippen molar-refractivity contribution in [1.82, 2.24) is 29.0 Å². The van der Waals surface area contributed by atoms with E-state index in [0.717, 1.165) is 31.5 Å². The first-order valence-electron chi connectivity index (χ1n) is 8.85. The maximum atomic E-state index is 6.05. The van der Waals surface area contributed by atoms with Crippen molar-refractivity contribution in [3.63, 3.8) is 0 Å². The molecule has 0 aliphatic rings. The first kappa shape index (κ1) is 18.7. The lowest BCUT2D eigenvalue weighted by Crippen LogP contribution is -2.12. The van der Waals surface area contributed by atoms with Crippen LogP contribution in [0, 0.1) is 15.5 Å². The molecule has 28 heavy (non-hydrogen) atoms. The molecule has 8 heteroatoms. The molecule has 0 aromatic carbocycles. The van der Waals surface area contributed by atoms with E-state index in [2.05, 4.69) is 72.8 Å². The lowest BCUT2D eigenvalue weighted by Gasteiger charge is -2.13. The van der Waals surface area contributed by atoms with Crippen molar-refractivity contribution >= 4 is 45.0 Å². The van der Waals surface area contributed by atoms with E-state index in [-0.39, 0.29) is 6.04 Å². The van der Waals surface area contributed by atoms with Crippen molar-refractivity contribution in [2.24, 2.45) is 0 Å². The maximum Gasteiger partial charge on any atom is 0.165 e. The zero-order chi connectivity index (χ0) is 19.8. The molecule has 4 rings (SSSR count). The van der Waals surface area contributed by atoms with Crippen LogP contribution in [-0.4, -0.2) is 49.7 Å². The van der Waals surface area contributed by atoms with Gasteiger partial charge in [0.1, 0.15) is 21.5 Å². The molecule has 0 bridgehead atoms. The van der Waals surface area contributed by atoms with Gasteiger partial charge in [-0.25, -0.2) is 14.6 Å². The predicted molar refractivity (Wildman–Crippen MR) is 119 cm³/mol. The second-order valence-electron chi connectivity index (χ2n) is 6.85. The molecule has 4 aromatic rings. The molecule has 0 fully saturated rings. The Bertz CT molecular complexity index is 1230. The van der Waals surface area contributed by atoms with Gasteiger partial charge in [0.05, 0.1) is 18.0 Å². The van der Waals surface area contributed by atoms with Crippen LogP contribution in [0.4, 0.5) is 5.82 Å². The van der Waals surface area contributed by atoms with Gasteiger partial charge in [-0.05, 0) is 67.7 Å². The summed E-state index contributed by atoms with van der Waals surface area (Å²) in [4.78, 5) is 10.6. The summed E-state index contributed by atoms with van der Waals surface area (Å²) >= 11 is 2.18. The summed E-state index contributed by atoms with van der Waals surface area (Å²) < 4.78 is 4.82. The number of anilines is 1. The van der Waals surface area contributed by atoms with Crippen molar-refractivity contribution in [2.75, 3.05) is 26.4 Å². The molecule has 4 heterocycles. The highest BCUT2D eigenvalue weighted by Crippen LogP contribution is 2.30. The van der Waals surface area contributed by atoms with Gasteiger partial charge in [0, 0.05) is 17.3 Å². The monoisotopic (exact) mass is 485 g/mol. The normalized spacial score (nSPS) is 12.5.